The molecule has 3 rings (SSSR count). The van der Waals surface area contributed by atoms with Gasteiger partial charge in [-0.05, 0) is 24.6 Å². The van der Waals surface area contributed by atoms with Gasteiger partial charge in [-0.2, -0.15) is 5.10 Å². The summed E-state index contributed by atoms with van der Waals surface area (Å²) in [5.74, 6) is 0.948. The molecule has 0 spiro atoms. The molecule has 0 saturated carbocycles. The fraction of sp³-hybridized carbons (Fsp3) is 0.250. The first-order chi connectivity index (χ1) is 12.2. The summed E-state index contributed by atoms with van der Waals surface area (Å²) >= 11 is 0. The molecule has 0 aliphatic carbocycles. The number of nitrogens with two attached hydrogens (primary N) is 1. The minimum absolute atomic E-state index is 0.0653. The molecule has 0 fully saturated rings. The van der Waals surface area contributed by atoms with E-state index in [1.165, 1.54) is 5.56 Å². The van der Waals surface area contributed by atoms with Crippen molar-refractivity contribution in [2.75, 3.05) is 18.1 Å². The lowest BCUT2D eigenvalue weighted by Gasteiger charge is -2.26. The number of aryl methyl sites for hydroxylation is 1. The number of para-hydroxylation sites is 1. The maximum absolute atomic E-state index is 9.61. The molecule has 0 unspecified atom stereocenters. The molecule has 5 heteroatoms. The van der Waals surface area contributed by atoms with Crippen LogP contribution in [0, 0.1) is 6.92 Å². The number of aliphatic hydroxyl groups excluding tert-OH is 1. The Bertz CT molecular complexity index is 799. The van der Waals surface area contributed by atoms with E-state index in [-0.39, 0.29) is 6.61 Å². The Morgan fingerprint density at radius 2 is 1.68 bits per heavy atom. The Labute approximate surface area is 148 Å². The zero-order valence-corrected chi connectivity index (χ0v) is 14.5. The largest absolute Gasteiger partial charge is 0.395 e. The molecule has 0 atom stereocenters. The number of hydrogen-bond donors (Lipinski definition) is 2. The van der Waals surface area contributed by atoms with E-state index in [4.69, 9.17) is 10.8 Å². The van der Waals surface area contributed by atoms with Crippen molar-refractivity contribution in [1.29, 1.82) is 0 Å². The summed E-state index contributed by atoms with van der Waals surface area (Å²) in [4.78, 5) is 2.14. The third-order valence-electron chi connectivity index (χ3n) is 4.25. The van der Waals surface area contributed by atoms with Crippen molar-refractivity contribution >= 4 is 5.82 Å². The van der Waals surface area contributed by atoms with Crippen LogP contribution in [-0.2, 0) is 13.1 Å². The van der Waals surface area contributed by atoms with Crippen molar-refractivity contribution in [1.82, 2.24) is 9.78 Å². The summed E-state index contributed by atoms with van der Waals surface area (Å²) in [6, 6.07) is 20.2. The number of hydrogen-bond acceptors (Lipinski definition) is 4. The topological polar surface area (TPSA) is 67.3 Å². The average Bonchev–Trinajstić information content (AvgIpc) is 2.99. The lowest BCUT2D eigenvalue weighted by atomic mass is 10.2. The summed E-state index contributed by atoms with van der Waals surface area (Å²) in [6.45, 7) is 3.65. The van der Waals surface area contributed by atoms with Crippen molar-refractivity contribution in [3.05, 3.63) is 77.5 Å². The first kappa shape index (κ1) is 17.2. The van der Waals surface area contributed by atoms with E-state index in [1.54, 1.807) is 0 Å². The number of nitrogens with zero attached hydrogens (tertiary/aromatic N) is 3. The molecule has 3 N–H and O–H groups in total. The highest BCUT2D eigenvalue weighted by Crippen LogP contribution is 2.28. The van der Waals surface area contributed by atoms with E-state index in [9.17, 15) is 5.11 Å². The Kier molecular flexibility index (Phi) is 5.48. The van der Waals surface area contributed by atoms with Crippen LogP contribution in [-0.4, -0.2) is 28.0 Å². The van der Waals surface area contributed by atoms with Crippen LogP contribution in [0.4, 0.5) is 5.82 Å². The zero-order valence-electron chi connectivity index (χ0n) is 14.5. The Hall–Kier alpha value is -2.63. The van der Waals surface area contributed by atoms with Gasteiger partial charge in [0.2, 0.25) is 0 Å². The quantitative estimate of drug-likeness (QED) is 0.696. The van der Waals surface area contributed by atoms with E-state index in [1.807, 2.05) is 60.1 Å². The fourth-order valence-corrected chi connectivity index (χ4v) is 3.04. The summed E-state index contributed by atoms with van der Waals surface area (Å²) < 4.78 is 1.93. The molecule has 0 aliphatic heterocycles. The minimum atomic E-state index is 0.0653. The summed E-state index contributed by atoms with van der Waals surface area (Å²) in [6.07, 6.45) is 0. The van der Waals surface area contributed by atoms with E-state index >= 15 is 0 Å². The van der Waals surface area contributed by atoms with E-state index in [2.05, 4.69) is 17.0 Å². The normalized spacial score (nSPS) is 10.8. The van der Waals surface area contributed by atoms with Gasteiger partial charge in [0.1, 0.15) is 5.82 Å². The van der Waals surface area contributed by atoms with Gasteiger partial charge in [0, 0.05) is 25.2 Å². The predicted molar refractivity (Wildman–Crippen MR) is 101 cm³/mol. The number of aromatic nitrogens is 2. The molecule has 2 aromatic carbocycles. The summed E-state index contributed by atoms with van der Waals surface area (Å²) in [5.41, 5.74) is 10.1. The molecule has 5 nitrogen and oxygen atoms in total. The van der Waals surface area contributed by atoms with Crippen molar-refractivity contribution in [3.63, 3.8) is 0 Å². The molecule has 25 heavy (non-hydrogen) atoms. The second-order valence-corrected chi connectivity index (χ2v) is 5.97. The molecule has 0 amide bonds. The average molecular weight is 336 g/mol. The van der Waals surface area contributed by atoms with Crippen LogP contribution < -0.4 is 10.6 Å². The third kappa shape index (κ3) is 3.73. The van der Waals surface area contributed by atoms with Gasteiger partial charge >= 0.3 is 0 Å². The first-order valence-corrected chi connectivity index (χ1v) is 8.48. The summed E-state index contributed by atoms with van der Waals surface area (Å²) in [7, 11) is 0. The Morgan fingerprint density at radius 3 is 2.28 bits per heavy atom. The van der Waals surface area contributed by atoms with Crippen LogP contribution in [0.1, 0.15) is 16.8 Å². The first-order valence-electron chi connectivity index (χ1n) is 8.48. The van der Waals surface area contributed by atoms with Gasteiger partial charge < -0.3 is 15.7 Å². The van der Waals surface area contributed by atoms with Crippen molar-refractivity contribution in [3.8, 4) is 5.69 Å². The van der Waals surface area contributed by atoms with Crippen LogP contribution >= 0.6 is 0 Å². The van der Waals surface area contributed by atoms with Gasteiger partial charge in [0.15, 0.2) is 0 Å². The van der Waals surface area contributed by atoms with Crippen molar-refractivity contribution < 1.29 is 5.11 Å². The fourth-order valence-electron chi connectivity index (χ4n) is 3.04. The smallest absolute Gasteiger partial charge is 0.137 e. The van der Waals surface area contributed by atoms with Gasteiger partial charge in [-0.25, -0.2) is 4.68 Å². The second-order valence-electron chi connectivity index (χ2n) is 5.97. The Balaban J connectivity index is 2.08. The standard InChI is InChI=1S/C20H24N4O/c1-16-19(14-21)20(24(22-16)18-10-6-3-7-11-18)23(12-13-25)15-17-8-4-2-5-9-17/h2-11,25H,12-15,21H2,1H3. The maximum atomic E-state index is 9.61. The van der Waals surface area contributed by atoms with Crippen LogP contribution in [0.15, 0.2) is 60.7 Å². The van der Waals surface area contributed by atoms with Crippen molar-refractivity contribution in [2.24, 2.45) is 5.73 Å². The van der Waals surface area contributed by atoms with Gasteiger partial charge in [-0.15, -0.1) is 0 Å². The maximum Gasteiger partial charge on any atom is 0.137 e. The van der Waals surface area contributed by atoms with Gasteiger partial charge in [0.05, 0.1) is 18.0 Å². The highest BCUT2D eigenvalue weighted by molar-refractivity contribution is 5.55. The van der Waals surface area contributed by atoms with Gasteiger partial charge in [-0.3, -0.25) is 0 Å². The van der Waals surface area contributed by atoms with E-state index in [0.717, 1.165) is 22.8 Å². The number of rotatable bonds is 7. The predicted octanol–water partition coefficient (Wildman–Crippen LogP) is 2.64. The van der Waals surface area contributed by atoms with Gasteiger partial charge in [0.25, 0.3) is 0 Å². The third-order valence-corrected chi connectivity index (χ3v) is 4.25. The molecule has 1 heterocycles. The molecular formula is C20H24N4O. The van der Waals surface area contributed by atoms with Crippen LogP contribution in [0.5, 0.6) is 0 Å². The number of aliphatic hydroxyl groups is 1. The number of anilines is 1. The lowest BCUT2D eigenvalue weighted by molar-refractivity contribution is 0.301. The molecule has 3 aromatic rings. The monoisotopic (exact) mass is 336 g/mol. The molecule has 0 bridgehead atoms. The van der Waals surface area contributed by atoms with Crippen LogP contribution in [0.25, 0.3) is 5.69 Å². The van der Waals surface area contributed by atoms with E-state index < -0.39 is 0 Å². The van der Waals surface area contributed by atoms with E-state index in [0.29, 0.717) is 19.6 Å². The summed E-state index contributed by atoms with van der Waals surface area (Å²) in [5, 5.41) is 14.3. The van der Waals surface area contributed by atoms with Crippen LogP contribution in [0.2, 0.25) is 0 Å². The highest BCUT2D eigenvalue weighted by atomic mass is 16.3. The van der Waals surface area contributed by atoms with Crippen LogP contribution in [0.3, 0.4) is 0 Å². The molecule has 1 aromatic heterocycles. The molecule has 0 saturated heterocycles. The zero-order chi connectivity index (χ0) is 17.6. The molecule has 0 radical (unpaired) electrons. The molecular weight excluding hydrogens is 312 g/mol. The van der Waals surface area contributed by atoms with Gasteiger partial charge in [-0.1, -0.05) is 48.5 Å². The Morgan fingerprint density at radius 1 is 1.04 bits per heavy atom. The lowest BCUT2D eigenvalue weighted by Crippen LogP contribution is -2.29. The second kappa shape index (κ2) is 7.96. The number of benzene rings is 2. The molecule has 0 aliphatic rings. The highest BCUT2D eigenvalue weighted by Gasteiger charge is 2.21. The molecule has 130 valence electrons. The SMILES string of the molecule is Cc1nn(-c2ccccc2)c(N(CCO)Cc2ccccc2)c1CN. The minimum Gasteiger partial charge on any atom is -0.395 e. The van der Waals surface area contributed by atoms with Crippen molar-refractivity contribution in [2.45, 2.75) is 20.0 Å².